The molecule has 20 heavy (non-hydrogen) atoms. The molecule has 1 aliphatic rings. The van der Waals surface area contributed by atoms with Crippen molar-refractivity contribution in [3.63, 3.8) is 0 Å². The number of phenols is 1. The smallest absolute Gasteiger partial charge is 0.163 e. The van der Waals surface area contributed by atoms with Gasteiger partial charge in [-0.3, -0.25) is 4.79 Å². The summed E-state index contributed by atoms with van der Waals surface area (Å²) in [5.74, 6) is 1.00. The SMILES string of the molecule is Cc1cc(-c2ccc3c(c2)C(=O)CCC3C)ccc1O. The molecule has 0 fully saturated rings. The van der Waals surface area contributed by atoms with E-state index in [-0.39, 0.29) is 5.78 Å². The highest BCUT2D eigenvalue weighted by molar-refractivity contribution is 6.00. The van der Waals surface area contributed by atoms with Gasteiger partial charge in [-0.15, -0.1) is 0 Å². The molecule has 2 nitrogen and oxygen atoms in total. The van der Waals surface area contributed by atoms with Crippen molar-refractivity contribution in [1.82, 2.24) is 0 Å². The van der Waals surface area contributed by atoms with Gasteiger partial charge in [0.1, 0.15) is 5.75 Å². The Kier molecular flexibility index (Phi) is 3.09. The molecule has 1 atom stereocenters. The number of fused-ring (bicyclic) bond motifs is 1. The molecule has 1 N–H and O–H groups in total. The van der Waals surface area contributed by atoms with E-state index in [4.69, 9.17) is 0 Å². The zero-order chi connectivity index (χ0) is 14.3. The number of rotatable bonds is 1. The number of benzene rings is 2. The van der Waals surface area contributed by atoms with Gasteiger partial charge in [0.05, 0.1) is 0 Å². The van der Waals surface area contributed by atoms with Gasteiger partial charge in [0.15, 0.2) is 5.78 Å². The molecule has 0 bridgehead atoms. The van der Waals surface area contributed by atoms with E-state index in [1.807, 2.05) is 25.1 Å². The number of carbonyl (C=O) groups excluding carboxylic acids is 1. The highest BCUT2D eigenvalue weighted by atomic mass is 16.3. The summed E-state index contributed by atoms with van der Waals surface area (Å²) < 4.78 is 0. The lowest BCUT2D eigenvalue weighted by molar-refractivity contribution is 0.0968. The molecular weight excluding hydrogens is 248 g/mol. The van der Waals surface area contributed by atoms with Crippen molar-refractivity contribution in [3.8, 4) is 16.9 Å². The van der Waals surface area contributed by atoms with E-state index in [0.717, 1.165) is 28.7 Å². The number of Topliss-reactive ketones (excluding diaryl/α,β-unsaturated/α-hetero) is 1. The van der Waals surface area contributed by atoms with Crippen LogP contribution in [0.5, 0.6) is 5.75 Å². The first-order valence-corrected chi connectivity index (χ1v) is 7.03. The zero-order valence-corrected chi connectivity index (χ0v) is 11.8. The first-order chi connectivity index (χ1) is 9.56. The Morgan fingerprint density at radius 1 is 1.10 bits per heavy atom. The average molecular weight is 266 g/mol. The van der Waals surface area contributed by atoms with Gasteiger partial charge in [0.25, 0.3) is 0 Å². The number of phenolic OH excluding ortho intramolecular Hbond substituents is 1. The molecule has 0 saturated carbocycles. The number of aromatic hydroxyl groups is 1. The molecule has 3 rings (SSSR count). The largest absolute Gasteiger partial charge is 0.508 e. The molecule has 1 unspecified atom stereocenters. The van der Waals surface area contributed by atoms with E-state index in [9.17, 15) is 9.90 Å². The van der Waals surface area contributed by atoms with Crippen LogP contribution in [-0.2, 0) is 0 Å². The van der Waals surface area contributed by atoms with Crippen molar-refractivity contribution in [1.29, 1.82) is 0 Å². The quantitative estimate of drug-likeness (QED) is 0.828. The molecule has 0 spiro atoms. The Hall–Kier alpha value is -2.09. The summed E-state index contributed by atoms with van der Waals surface area (Å²) >= 11 is 0. The van der Waals surface area contributed by atoms with Gasteiger partial charge in [0, 0.05) is 12.0 Å². The van der Waals surface area contributed by atoms with E-state index in [1.54, 1.807) is 6.07 Å². The van der Waals surface area contributed by atoms with Crippen molar-refractivity contribution in [2.75, 3.05) is 0 Å². The second-order valence-electron chi connectivity index (χ2n) is 5.67. The van der Waals surface area contributed by atoms with Crippen molar-refractivity contribution in [3.05, 3.63) is 53.1 Å². The van der Waals surface area contributed by atoms with E-state index in [2.05, 4.69) is 19.1 Å². The average Bonchev–Trinajstić information content (AvgIpc) is 2.46. The molecule has 1 aliphatic carbocycles. The summed E-state index contributed by atoms with van der Waals surface area (Å²) in [7, 11) is 0. The lowest BCUT2D eigenvalue weighted by atomic mass is 9.82. The van der Waals surface area contributed by atoms with Crippen LogP contribution in [0.2, 0.25) is 0 Å². The number of hydrogen-bond donors (Lipinski definition) is 1. The number of aryl methyl sites for hydroxylation is 1. The number of carbonyl (C=O) groups is 1. The summed E-state index contributed by atoms with van der Waals surface area (Å²) in [5, 5.41) is 9.61. The fraction of sp³-hybridized carbons (Fsp3) is 0.278. The summed E-state index contributed by atoms with van der Waals surface area (Å²) in [5.41, 5.74) is 4.95. The Morgan fingerprint density at radius 2 is 1.80 bits per heavy atom. The minimum Gasteiger partial charge on any atom is -0.508 e. The van der Waals surface area contributed by atoms with Crippen LogP contribution < -0.4 is 0 Å². The summed E-state index contributed by atoms with van der Waals surface area (Å²) in [6, 6.07) is 11.7. The Bertz CT molecular complexity index is 686. The second kappa shape index (κ2) is 4.78. The fourth-order valence-corrected chi connectivity index (χ4v) is 2.88. The molecule has 0 radical (unpaired) electrons. The van der Waals surface area contributed by atoms with Crippen LogP contribution in [0.1, 0.15) is 47.2 Å². The maximum absolute atomic E-state index is 12.1. The molecule has 2 aromatic carbocycles. The van der Waals surface area contributed by atoms with E-state index < -0.39 is 0 Å². The van der Waals surface area contributed by atoms with Crippen LogP contribution >= 0.6 is 0 Å². The van der Waals surface area contributed by atoms with Gasteiger partial charge in [-0.1, -0.05) is 25.1 Å². The minimum absolute atomic E-state index is 0.246. The molecule has 0 heterocycles. The van der Waals surface area contributed by atoms with Crippen LogP contribution in [0.25, 0.3) is 11.1 Å². The predicted molar refractivity (Wildman–Crippen MR) is 80.3 cm³/mol. The van der Waals surface area contributed by atoms with Crippen LogP contribution in [0.4, 0.5) is 0 Å². The third-order valence-corrected chi connectivity index (χ3v) is 4.22. The predicted octanol–water partition coefficient (Wildman–Crippen LogP) is 4.45. The molecule has 2 heteroatoms. The van der Waals surface area contributed by atoms with Gasteiger partial charge >= 0.3 is 0 Å². The van der Waals surface area contributed by atoms with Crippen molar-refractivity contribution < 1.29 is 9.90 Å². The zero-order valence-electron chi connectivity index (χ0n) is 11.8. The highest BCUT2D eigenvalue weighted by Crippen LogP contribution is 2.34. The van der Waals surface area contributed by atoms with Gasteiger partial charge < -0.3 is 5.11 Å². The molecular formula is C18H18O2. The van der Waals surface area contributed by atoms with Crippen LogP contribution in [-0.4, -0.2) is 10.9 Å². The molecule has 0 saturated heterocycles. The monoisotopic (exact) mass is 266 g/mol. The third kappa shape index (κ3) is 2.11. The molecule has 0 aliphatic heterocycles. The molecule has 0 amide bonds. The lowest BCUT2D eigenvalue weighted by Crippen LogP contribution is -2.13. The summed E-state index contributed by atoms with van der Waals surface area (Å²) in [6.07, 6.45) is 1.59. The highest BCUT2D eigenvalue weighted by Gasteiger charge is 2.22. The maximum Gasteiger partial charge on any atom is 0.163 e. The molecule has 102 valence electrons. The number of ketones is 1. The van der Waals surface area contributed by atoms with E-state index in [0.29, 0.717) is 18.1 Å². The van der Waals surface area contributed by atoms with Crippen molar-refractivity contribution in [2.24, 2.45) is 0 Å². The summed E-state index contributed by atoms with van der Waals surface area (Å²) in [4.78, 5) is 12.1. The van der Waals surface area contributed by atoms with E-state index in [1.165, 1.54) is 5.56 Å². The normalized spacial score (nSPS) is 17.9. The third-order valence-electron chi connectivity index (χ3n) is 4.22. The standard InChI is InChI=1S/C18H18O2/c1-11-3-7-18(20)16-10-14(4-6-15(11)16)13-5-8-17(19)12(2)9-13/h4-6,8-11,19H,3,7H2,1-2H3. The summed E-state index contributed by atoms with van der Waals surface area (Å²) in [6.45, 7) is 4.06. The van der Waals surface area contributed by atoms with Gasteiger partial charge in [-0.2, -0.15) is 0 Å². The minimum atomic E-state index is 0.246. The van der Waals surface area contributed by atoms with E-state index >= 15 is 0 Å². The molecule has 0 aromatic heterocycles. The molecule has 2 aromatic rings. The van der Waals surface area contributed by atoms with Gasteiger partial charge in [-0.25, -0.2) is 0 Å². The Balaban J connectivity index is 2.10. The first kappa shape index (κ1) is 12.9. The second-order valence-corrected chi connectivity index (χ2v) is 5.67. The van der Waals surface area contributed by atoms with Crippen molar-refractivity contribution in [2.45, 2.75) is 32.6 Å². The lowest BCUT2D eigenvalue weighted by Gasteiger charge is -2.22. The first-order valence-electron chi connectivity index (χ1n) is 7.03. The van der Waals surface area contributed by atoms with Crippen molar-refractivity contribution >= 4 is 5.78 Å². The topological polar surface area (TPSA) is 37.3 Å². The van der Waals surface area contributed by atoms with Gasteiger partial charge in [-0.05, 0) is 59.7 Å². The fourth-order valence-electron chi connectivity index (χ4n) is 2.88. The van der Waals surface area contributed by atoms with Crippen LogP contribution in [0, 0.1) is 6.92 Å². The van der Waals surface area contributed by atoms with Crippen LogP contribution in [0.15, 0.2) is 36.4 Å². The number of hydrogen-bond acceptors (Lipinski definition) is 2. The van der Waals surface area contributed by atoms with Gasteiger partial charge in [0.2, 0.25) is 0 Å². The Labute approximate surface area is 119 Å². The maximum atomic E-state index is 12.1. The van der Waals surface area contributed by atoms with Crippen LogP contribution in [0.3, 0.4) is 0 Å². The Morgan fingerprint density at radius 3 is 2.55 bits per heavy atom.